The van der Waals surface area contributed by atoms with Crippen LogP contribution in [0.4, 0.5) is 0 Å². The second kappa shape index (κ2) is 5.59. The van der Waals surface area contributed by atoms with Crippen LogP contribution in [-0.2, 0) is 0 Å². The summed E-state index contributed by atoms with van der Waals surface area (Å²) < 4.78 is 0. The van der Waals surface area contributed by atoms with Crippen LogP contribution in [0.5, 0.6) is 0 Å². The summed E-state index contributed by atoms with van der Waals surface area (Å²) in [6.45, 7) is 2.07. The second-order valence-electron chi connectivity index (χ2n) is 6.82. The van der Waals surface area contributed by atoms with Gasteiger partial charge in [-0.1, -0.05) is 66.7 Å². The molecule has 0 N–H and O–H groups in total. The molecule has 2 nitrogen and oxygen atoms in total. The van der Waals surface area contributed by atoms with E-state index in [9.17, 15) is 4.79 Å². The first kappa shape index (κ1) is 14.5. The normalized spacial score (nSPS) is 16.1. The highest BCUT2D eigenvalue weighted by molar-refractivity contribution is 6.39. The van der Waals surface area contributed by atoms with Crippen LogP contribution in [0, 0.1) is 0 Å². The molecule has 0 atom stereocenters. The van der Waals surface area contributed by atoms with Crippen molar-refractivity contribution >= 4 is 27.8 Å². The SMILES string of the molecule is O=C(C1=C(N2CCCC2)c2cccc3cccc1c23)c1ccccc1. The number of benzene rings is 3. The molecule has 0 bridgehead atoms. The predicted molar refractivity (Wildman–Crippen MR) is 102 cm³/mol. The van der Waals surface area contributed by atoms with Gasteiger partial charge in [-0.2, -0.15) is 0 Å². The van der Waals surface area contributed by atoms with Gasteiger partial charge in [0.2, 0.25) is 0 Å². The second-order valence-corrected chi connectivity index (χ2v) is 6.82. The molecule has 1 saturated heterocycles. The van der Waals surface area contributed by atoms with Gasteiger partial charge in [0.25, 0.3) is 0 Å². The van der Waals surface area contributed by atoms with Gasteiger partial charge in [-0.3, -0.25) is 4.79 Å². The minimum atomic E-state index is 0.131. The van der Waals surface area contributed by atoms with Crippen molar-refractivity contribution in [3.05, 3.63) is 83.4 Å². The van der Waals surface area contributed by atoms with E-state index in [4.69, 9.17) is 0 Å². The number of carbonyl (C=O) groups is 1. The molecule has 3 aromatic carbocycles. The molecule has 0 aromatic heterocycles. The van der Waals surface area contributed by atoms with Gasteiger partial charge >= 0.3 is 0 Å². The van der Waals surface area contributed by atoms with E-state index >= 15 is 0 Å². The lowest BCUT2D eigenvalue weighted by Crippen LogP contribution is -2.19. The van der Waals surface area contributed by atoms with Crippen LogP contribution in [0.1, 0.15) is 34.3 Å². The Morgan fingerprint density at radius 2 is 1.44 bits per heavy atom. The number of allylic oxidation sites excluding steroid dienone is 1. The summed E-state index contributed by atoms with van der Waals surface area (Å²) >= 11 is 0. The van der Waals surface area contributed by atoms with Crippen LogP contribution in [0.3, 0.4) is 0 Å². The molecule has 1 aliphatic carbocycles. The van der Waals surface area contributed by atoms with E-state index in [-0.39, 0.29) is 5.78 Å². The zero-order valence-corrected chi connectivity index (χ0v) is 14.0. The fourth-order valence-electron chi connectivity index (χ4n) is 4.24. The average Bonchev–Trinajstić information content (AvgIpc) is 3.30. The molecule has 25 heavy (non-hydrogen) atoms. The van der Waals surface area contributed by atoms with Gasteiger partial charge in [-0.05, 0) is 29.2 Å². The van der Waals surface area contributed by atoms with Crippen molar-refractivity contribution in [3.63, 3.8) is 0 Å². The molecule has 0 saturated carbocycles. The molecule has 5 rings (SSSR count). The number of Topliss-reactive ketones (excluding diaryl/α,β-unsaturated/α-hetero) is 1. The topological polar surface area (TPSA) is 20.3 Å². The van der Waals surface area contributed by atoms with Gasteiger partial charge in [0.1, 0.15) is 0 Å². The third-order valence-electron chi connectivity index (χ3n) is 5.35. The van der Waals surface area contributed by atoms with Gasteiger partial charge in [-0.25, -0.2) is 0 Å². The highest BCUT2D eigenvalue weighted by Gasteiger charge is 2.32. The minimum Gasteiger partial charge on any atom is -0.370 e. The fraction of sp³-hybridized carbons (Fsp3) is 0.174. The van der Waals surface area contributed by atoms with E-state index in [1.165, 1.54) is 29.2 Å². The van der Waals surface area contributed by atoms with Crippen molar-refractivity contribution in [1.29, 1.82) is 0 Å². The third-order valence-corrected chi connectivity index (χ3v) is 5.35. The van der Waals surface area contributed by atoms with Crippen molar-refractivity contribution in [1.82, 2.24) is 4.90 Å². The lowest BCUT2D eigenvalue weighted by Gasteiger charge is -2.22. The van der Waals surface area contributed by atoms with E-state index in [0.29, 0.717) is 0 Å². The molecule has 0 amide bonds. The summed E-state index contributed by atoms with van der Waals surface area (Å²) in [5, 5.41) is 2.44. The van der Waals surface area contributed by atoms with Gasteiger partial charge < -0.3 is 4.90 Å². The Hall–Kier alpha value is -2.87. The number of ketones is 1. The highest BCUT2D eigenvalue weighted by Crippen LogP contribution is 2.45. The molecule has 2 heteroatoms. The van der Waals surface area contributed by atoms with Crippen LogP contribution in [-0.4, -0.2) is 23.8 Å². The number of rotatable bonds is 3. The molecule has 122 valence electrons. The predicted octanol–water partition coefficient (Wildman–Crippen LogP) is 5.00. The number of nitrogens with zero attached hydrogens (tertiary/aromatic N) is 1. The summed E-state index contributed by atoms with van der Waals surface area (Å²) in [5.41, 5.74) is 5.08. The van der Waals surface area contributed by atoms with Crippen molar-refractivity contribution in [2.24, 2.45) is 0 Å². The zero-order valence-electron chi connectivity index (χ0n) is 14.0. The number of carbonyl (C=O) groups excluding carboxylic acids is 1. The van der Waals surface area contributed by atoms with Crippen molar-refractivity contribution in [2.75, 3.05) is 13.1 Å². The van der Waals surface area contributed by atoms with Gasteiger partial charge in [0.05, 0.1) is 11.3 Å². The molecule has 2 aliphatic rings. The Morgan fingerprint density at radius 3 is 2.16 bits per heavy atom. The standard InChI is InChI=1S/C23H19NO/c25-23(17-8-2-1-3-9-17)21-18-12-6-10-16-11-7-13-19(20(16)18)22(21)24-14-4-5-15-24/h1-3,6-13H,4-5,14-15H2. The summed E-state index contributed by atoms with van der Waals surface area (Å²) in [6, 6.07) is 22.4. The molecular formula is C23H19NO. The van der Waals surface area contributed by atoms with Crippen molar-refractivity contribution < 1.29 is 4.79 Å². The van der Waals surface area contributed by atoms with E-state index in [2.05, 4.69) is 41.3 Å². The maximum Gasteiger partial charge on any atom is 0.195 e. The fourth-order valence-corrected chi connectivity index (χ4v) is 4.24. The first-order chi connectivity index (χ1) is 12.3. The quantitative estimate of drug-likeness (QED) is 0.632. The van der Waals surface area contributed by atoms with E-state index in [1.54, 1.807) is 0 Å². The van der Waals surface area contributed by atoms with Crippen LogP contribution >= 0.6 is 0 Å². The van der Waals surface area contributed by atoms with Crippen molar-refractivity contribution in [2.45, 2.75) is 12.8 Å². The Labute approximate surface area is 147 Å². The van der Waals surface area contributed by atoms with Crippen LogP contribution < -0.4 is 0 Å². The number of likely N-dealkylation sites (tertiary alicyclic amines) is 1. The monoisotopic (exact) mass is 325 g/mol. The maximum absolute atomic E-state index is 13.4. The lowest BCUT2D eigenvalue weighted by molar-refractivity contribution is 0.105. The number of hydrogen-bond acceptors (Lipinski definition) is 2. The van der Waals surface area contributed by atoms with Crippen LogP contribution in [0.2, 0.25) is 0 Å². The van der Waals surface area contributed by atoms with Crippen LogP contribution in [0.15, 0.2) is 66.7 Å². The molecule has 0 spiro atoms. The highest BCUT2D eigenvalue weighted by atomic mass is 16.1. The van der Waals surface area contributed by atoms with Gasteiger partial charge in [-0.15, -0.1) is 0 Å². The Morgan fingerprint density at radius 1 is 0.760 bits per heavy atom. The Kier molecular flexibility index (Phi) is 3.24. The molecule has 0 radical (unpaired) electrons. The Balaban J connectivity index is 1.79. The summed E-state index contributed by atoms with van der Waals surface area (Å²) in [7, 11) is 0. The van der Waals surface area contributed by atoms with Gasteiger partial charge in [0.15, 0.2) is 5.78 Å². The summed E-state index contributed by atoms with van der Waals surface area (Å²) in [4.78, 5) is 15.8. The molecular weight excluding hydrogens is 306 g/mol. The molecule has 3 aromatic rings. The summed E-state index contributed by atoms with van der Waals surface area (Å²) in [5.74, 6) is 0.131. The van der Waals surface area contributed by atoms with E-state index in [0.717, 1.165) is 35.5 Å². The summed E-state index contributed by atoms with van der Waals surface area (Å²) in [6.07, 6.45) is 2.39. The lowest BCUT2D eigenvalue weighted by atomic mass is 9.96. The smallest absolute Gasteiger partial charge is 0.195 e. The zero-order chi connectivity index (χ0) is 16.8. The van der Waals surface area contributed by atoms with Gasteiger partial charge in [0, 0.05) is 24.2 Å². The molecule has 1 fully saturated rings. The van der Waals surface area contributed by atoms with Crippen molar-refractivity contribution in [3.8, 4) is 0 Å². The minimum absolute atomic E-state index is 0.131. The van der Waals surface area contributed by atoms with E-state index in [1.807, 2.05) is 30.3 Å². The van der Waals surface area contributed by atoms with E-state index < -0.39 is 0 Å². The first-order valence-corrected chi connectivity index (χ1v) is 8.96. The average molecular weight is 325 g/mol. The third kappa shape index (κ3) is 2.14. The Bertz CT molecular complexity index is 1010. The van der Waals surface area contributed by atoms with Crippen LogP contribution in [0.25, 0.3) is 22.0 Å². The number of hydrogen-bond donors (Lipinski definition) is 0. The largest absolute Gasteiger partial charge is 0.370 e. The molecule has 1 heterocycles. The molecule has 1 aliphatic heterocycles. The molecule has 0 unspecified atom stereocenters. The first-order valence-electron chi connectivity index (χ1n) is 8.96. The maximum atomic E-state index is 13.4.